The lowest BCUT2D eigenvalue weighted by molar-refractivity contribution is -0.134. The summed E-state index contributed by atoms with van der Waals surface area (Å²) in [5.74, 6) is 0.0505. The Kier molecular flexibility index (Phi) is 5.03. The van der Waals surface area contributed by atoms with Crippen molar-refractivity contribution in [3.63, 3.8) is 0 Å². The topological polar surface area (TPSA) is 76.7 Å². The van der Waals surface area contributed by atoms with E-state index in [2.05, 4.69) is 10.6 Å². The number of nitrogens with one attached hydrogen (secondary N) is 2. The van der Waals surface area contributed by atoms with Crippen LogP contribution in [0, 0.1) is 12.3 Å². The van der Waals surface area contributed by atoms with E-state index in [9.17, 15) is 9.59 Å². The SMILES string of the molecule is COCCNC(=O)C1(C(=O)Nc2cc(C)ccc2OC)CC1. The van der Waals surface area contributed by atoms with Crippen molar-refractivity contribution >= 4 is 17.5 Å². The molecule has 1 aliphatic rings. The zero-order chi connectivity index (χ0) is 16.2. The summed E-state index contributed by atoms with van der Waals surface area (Å²) >= 11 is 0. The van der Waals surface area contributed by atoms with Crippen LogP contribution in [0.15, 0.2) is 18.2 Å². The lowest BCUT2D eigenvalue weighted by Crippen LogP contribution is -2.41. The van der Waals surface area contributed by atoms with Crippen LogP contribution in [0.2, 0.25) is 0 Å². The number of benzene rings is 1. The highest BCUT2D eigenvalue weighted by molar-refractivity contribution is 6.13. The zero-order valence-electron chi connectivity index (χ0n) is 13.2. The number of ether oxygens (including phenoxy) is 2. The fraction of sp³-hybridized carbons (Fsp3) is 0.500. The van der Waals surface area contributed by atoms with Crippen molar-refractivity contribution < 1.29 is 19.1 Å². The first-order chi connectivity index (χ1) is 10.5. The Balaban J connectivity index is 2.06. The second-order valence-electron chi connectivity index (χ2n) is 5.49. The van der Waals surface area contributed by atoms with Gasteiger partial charge in [-0.25, -0.2) is 0 Å². The van der Waals surface area contributed by atoms with E-state index in [1.165, 1.54) is 0 Å². The normalized spacial score (nSPS) is 15.0. The number of rotatable bonds is 7. The van der Waals surface area contributed by atoms with Crippen molar-refractivity contribution in [3.05, 3.63) is 23.8 Å². The Hall–Kier alpha value is -2.08. The Morgan fingerprint density at radius 2 is 1.95 bits per heavy atom. The highest BCUT2D eigenvalue weighted by Gasteiger charge is 2.56. The third kappa shape index (κ3) is 3.39. The molecule has 0 atom stereocenters. The monoisotopic (exact) mass is 306 g/mol. The van der Waals surface area contributed by atoms with E-state index in [1.807, 2.05) is 19.1 Å². The molecule has 120 valence electrons. The molecule has 2 amide bonds. The van der Waals surface area contributed by atoms with Crippen LogP contribution in [-0.2, 0) is 14.3 Å². The molecule has 0 bridgehead atoms. The lowest BCUT2D eigenvalue weighted by Gasteiger charge is -2.17. The molecule has 6 nitrogen and oxygen atoms in total. The second-order valence-corrected chi connectivity index (χ2v) is 5.49. The predicted octanol–water partition coefficient (Wildman–Crippen LogP) is 1.48. The van der Waals surface area contributed by atoms with Crippen LogP contribution in [0.4, 0.5) is 5.69 Å². The highest BCUT2D eigenvalue weighted by Crippen LogP contribution is 2.47. The Bertz CT molecular complexity index is 567. The van der Waals surface area contributed by atoms with E-state index in [4.69, 9.17) is 9.47 Å². The molecule has 0 aromatic heterocycles. The Labute approximate surface area is 130 Å². The third-order valence-corrected chi connectivity index (χ3v) is 3.81. The number of amides is 2. The van der Waals surface area contributed by atoms with Gasteiger partial charge >= 0.3 is 0 Å². The Morgan fingerprint density at radius 3 is 2.55 bits per heavy atom. The summed E-state index contributed by atoms with van der Waals surface area (Å²) in [5, 5.41) is 5.56. The van der Waals surface area contributed by atoms with Crippen molar-refractivity contribution in [2.75, 3.05) is 32.7 Å². The number of hydrogen-bond donors (Lipinski definition) is 2. The molecule has 6 heteroatoms. The molecule has 0 unspecified atom stereocenters. The molecule has 2 rings (SSSR count). The number of carbonyl (C=O) groups is 2. The van der Waals surface area contributed by atoms with Crippen LogP contribution in [0.3, 0.4) is 0 Å². The average molecular weight is 306 g/mol. The van der Waals surface area contributed by atoms with Gasteiger partial charge < -0.3 is 20.1 Å². The summed E-state index contributed by atoms with van der Waals surface area (Å²) in [4.78, 5) is 24.7. The summed E-state index contributed by atoms with van der Waals surface area (Å²) in [6.45, 7) is 2.76. The van der Waals surface area contributed by atoms with Crippen LogP contribution in [0.5, 0.6) is 5.75 Å². The molecule has 2 N–H and O–H groups in total. The van der Waals surface area contributed by atoms with Gasteiger partial charge in [-0.3, -0.25) is 9.59 Å². The molecule has 0 aliphatic heterocycles. The highest BCUT2D eigenvalue weighted by atomic mass is 16.5. The van der Waals surface area contributed by atoms with Crippen LogP contribution in [0.1, 0.15) is 18.4 Å². The number of hydrogen-bond acceptors (Lipinski definition) is 4. The Morgan fingerprint density at radius 1 is 1.23 bits per heavy atom. The van der Waals surface area contributed by atoms with Crippen molar-refractivity contribution in [1.82, 2.24) is 5.32 Å². The van der Waals surface area contributed by atoms with Crippen LogP contribution in [-0.4, -0.2) is 39.2 Å². The fourth-order valence-electron chi connectivity index (χ4n) is 2.28. The first-order valence-corrected chi connectivity index (χ1v) is 7.27. The first kappa shape index (κ1) is 16.3. The number of carbonyl (C=O) groups excluding carboxylic acids is 2. The van der Waals surface area contributed by atoms with Crippen molar-refractivity contribution in [2.45, 2.75) is 19.8 Å². The van der Waals surface area contributed by atoms with Gasteiger partial charge in [0.25, 0.3) is 0 Å². The summed E-state index contributed by atoms with van der Waals surface area (Å²) in [6, 6.07) is 5.53. The number of methoxy groups -OCH3 is 2. The van der Waals surface area contributed by atoms with Gasteiger partial charge in [0.05, 0.1) is 19.4 Å². The summed E-state index contributed by atoms with van der Waals surface area (Å²) < 4.78 is 10.1. The third-order valence-electron chi connectivity index (χ3n) is 3.81. The predicted molar refractivity (Wildman–Crippen MR) is 82.9 cm³/mol. The van der Waals surface area contributed by atoms with E-state index in [1.54, 1.807) is 20.3 Å². The minimum absolute atomic E-state index is 0.242. The molecule has 0 radical (unpaired) electrons. The minimum atomic E-state index is -0.956. The first-order valence-electron chi connectivity index (χ1n) is 7.27. The largest absolute Gasteiger partial charge is 0.495 e. The van der Waals surface area contributed by atoms with Crippen LogP contribution >= 0.6 is 0 Å². The van der Waals surface area contributed by atoms with E-state index >= 15 is 0 Å². The zero-order valence-corrected chi connectivity index (χ0v) is 13.2. The number of anilines is 1. The average Bonchev–Trinajstić information content (AvgIpc) is 3.29. The quantitative estimate of drug-likeness (QED) is 0.591. The van der Waals surface area contributed by atoms with E-state index < -0.39 is 5.41 Å². The van der Waals surface area contributed by atoms with Crippen molar-refractivity contribution in [1.29, 1.82) is 0 Å². The maximum atomic E-state index is 12.5. The fourth-order valence-corrected chi connectivity index (χ4v) is 2.28. The minimum Gasteiger partial charge on any atom is -0.495 e. The van der Waals surface area contributed by atoms with Gasteiger partial charge in [0.1, 0.15) is 11.2 Å². The molecule has 1 fully saturated rings. The molecular weight excluding hydrogens is 284 g/mol. The molecule has 0 spiro atoms. The van der Waals surface area contributed by atoms with Gasteiger partial charge in [-0.1, -0.05) is 6.07 Å². The lowest BCUT2D eigenvalue weighted by atomic mass is 10.0. The smallest absolute Gasteiger partial charge is 0.240 e. The van der Waals surface area contributed by atoms with E-state index in [-0.39, 0.29) is 11.8 Å². The standard InChI is InChI=1S/C16H22N2O4/c1-11-4-5-13(22-3)12(10-11)18-15(20)16(6-7-16)14(19)17-8-9-21-2/h4-5,10H,6-9H2,1-3H3,(H,17,19)(H,18,20). The van der Waals surface area contributed by atoms with Crippen molar-refractivity contribution in [2.24, 2.45) is 5.41 Å². The summed E-state index contributed by atoms with van der Waals surface area (Å²) in [7, 11) is 3.11. The van der Waals surface area contributed by atoms with Crippen molar-refractivity contribution in [3.8, 4) is 5.75 Å². The molecule has 1 aliphatic carbocycles. The molecule has 1 aromatic carbocycles. The number of aryl methyl sites for hydroxylation is 1. The van der Waals surface area contributed by atoms with Gasteiger partial charge in [0.2, 0.25) is 11.8 Å². The summed E-state index contributed by atoms with van der Waals surface area (Å²) in [5.41, 5.74) is 0.636. The van der Waals surface area contributed by atoms with E-state index in [0.717, 1.165) is 5.56 Å². The maximum absolute atomic E-state index is 12.5. The van der Waals surface area contributed by atoms with Gasteiger partial charge in [-0.15, -0.1) is 0 Å². The van der Waals surface area contributed by atoms with Gasteiger partial charge in [-0.2, -0.15) is 0 Å². The van der Waals surface area contributed by atoms with Gasteiger partial charge in [0.15, 0.2) is 0 Å². The second kappa shape index (κ2) is 6.79. The van der Waals surface area contributed by atoms with Crippen LogP contribution < -0.4 is 15.4 Å². The molecule has 0 saturated heterocycles. The summed E-state index contributed by atoms with van der Waals surface area (Å²) in [6.07, 6.45) is 1.12. The molecule has 22 heavy (non-hydrogen) atoms. The van der Waals surface area contributed by atoms with Crippen LogP contribution in [0.25, 0.3) is 0 Å². The van der Waals surface area contributed by atoms with Gasteiger partial charge in [0, 0.05) is 13.7 Å². The van der Waals surface area contributed by atoms with Gasteiger partial charge in [-0.05, 0) is 37.5 Å². The van der Waals surface area contributed by atoms with E-state index in [0.29, 0.717) is 37.4 Å². The molecule has 0 heterocycles. The maximum Gasteiger partial charge on any atom is 0.240 e. The molecular formula is C16H22N2O4. The molecule has 1 saturated carbocycles. The molecule has 1 aromatic rings.